The third-order valence-electron chi connectivity index (χ3n) is 5.53. The monoisotopic (exact) mass is 377 g/mol. The molecule has 0 spiro atoms. The predicted octanol–water partition coefficient (Wildman–Crippen LogP) is 3.71. The summed E-state index contributed by atoms with van der Waals surface area (Å²) >= 11 is 1.52. The first-order valence-electron chi connectivity index (χ1n) is 10.1. The van der Waals surface area contributed by atoms with E-state index < -0.39 is 0 Å². The summed E-state index contributed by atoms with van der Waals surface area (Å²) < 4.78 is 0. The minimum absolute atomic E-state index is 0.0533. The minimum atomic E-state index is -0.0713. The third kappa shape index (κ3) is 4.64. The molecule has 2 fully saturated rings. The van der Waals surface area contributed by atoms with E-state index in [1.54, 1.807) is 0 Å². The van der Waals surface area contributed by atoms with Crippen LogP contribution in [0.3, 0.4) is 0 Å². The molecule has 0 bridgehead atoms. The van der Waals surface area contributed by atoms with Gasteiger partial charge in [0, 0.05) is 19.1 Å². The summed E-state index contributed by atoms with van der Waals surface area (Å²) in [5.41, 5.74) is 0.831. The smallest absolute Gasteiger partial charge is 0.265 e. The number of piperidine rings is 1. The Morgan fingerprint density at radius 3 is 2.69 bits per heavy atom. The second-order valence-electron chi connectivity index (χ2n) is 7.71. The molecular weight excluding hydrogens is 346 g/mol. The molecule has 144 valence electrons. The van der Waals surface area contributed by atoms with E-state index in [0.29, 0.717) is 12.6 Å². The number of nitrogens with one attached hydrogen (secondary N) is 1. The van der Waals surface area contributed by atoms with Crippen molar-refractivity contribution >= 4 is 23.2 Å². The maximum absolute atomic E-state index is 13.0. The third-order valence-corrected chi connectivity index (χ3v) is 6.74. The summed E-state index contributed by atoms with van der Waals surface area (Å²) in [6, 6.07) is 0.336. The molecule has 1 aliphatic heterocycles. The van der Waals surface area contributed by atoms with Crippen molar-refractivity contribution in [2.24, 2.45) is 5.92 Å². The van der Waals surface area contributed by atoms with Gasteiger partial charge < -0.3 is 10.2 Å². The number of nitrogens with zero attached hydrogens (tertiary/aromatic N) is 2. The molecule has 1 N–H and O–H groups in total. The topological polar surface area (TPSA) is 62.3 Å². The molecule has 1 atom stereocenters. The Hall–Kier alpha value is -1.43. The Morgan fingerprint density at radius 2 is 1.96 bits per heavy atom. The Morgan fingerprint density at radius 1 is 1.19 bits per heavy atom. The van der Waals surface area contributed by atoms with Crippen LogP contribution in [0, 0.1) is 12.8 Å². The number of hydrogen-bond donors (Lipinski definition) is 1. The van der Waals surface area contributed by atoms with Gasteiger partial charge in [-0.25, -0.2) is 4.98 Å². The van der Waals surface area contributed by atoms with Crippen LogP contribution in [0.4, 0.5) is 0 Å². The molecule has 0 radical (unpaired) electrons. The van der Waals surface area contributed by atoms with Crippen LogP contribution in [0.5, 0.6) is 0 Å². The van der Waals surface area contributed by atoms with Gasteiger partial charge >= 0.3 is 0 Å². The summed E-state index contributed by atoms with van der Waals surface area (Å²) in [7, 11) is 0. The highest BCUT2D eigenvalue weighted by molar-refractivity contribution is 7.13. The fraction of sp³-hybridized carbons (Fsp3) is 0.750. The van der Waals surface area contributed by atoms with E-state index in [0.717, 1.165) is 60.6 Å². The number of aromatic nitrogens is 1. The van der Waals surface area contributed by atoms with E-state index in [4.69, 9.17) is 0 Å². The Kier molecular flexibility index (Phi) is 6.68. The number of thiazole rings is 1. The zero-order valence-electron chi connectivity index (χ0n) is 16.1. The van der Waals surface area contributed by atoms with Crippen molar-refractivity contribution in [2.45, 2.75) is 77.7 Å². The van der Waals surface area contributed by atoms with E-state index in [1.807, 2.05) is 11.8 Å². The molecule has 1 saturated heterocycles. The number of aryl methyl sites for hydroxylation is 2. The van der Waals surface area contributed by atoms with Gasteiger partial charge in [0.2, 0.25) is 5.91 Å². The lowest BCUT2D eigenvalue weighted by Crippen LogP contribution is -2.47. The van der Waals surface area contributed by atoms with Crippen LogP contribution >= 0.6 is 11.3 Å². The number of carbonyl (C=O) groups is 2. The molecule has 1 aliphatic carbocycles. The van der Waals surface area contributed by atoms with Gasteiger partial charge in [0.15, 0.2) is 0 Å². The van der Waals surface area contributed by atoms with E-state index in [1.165, 1.54) is 30.6 Å². The quantitative estimate of drug-likeness (QED) is 0.851. The van der Waals surface area contributed by atoms with Crippen LogP contribution in [0.1, 0.15) is 78.7 Å². The van der Waals surface area contributed by atoms with Crippen LogP contribution in [-0.4, -0.2) is 40.8 Å². The van der Waals surface area contributed by atoms with Crippen molar-refractivity contribution in [3.63, 3.8) is 0 Å². The van der Waals surface area contributed by atoms with Crippen LogP contribution in [0.25, 0.3) is 0 Å². The molecule has 2 heterocycles. The van der Waals surface area contributed by atoms with Gasteiger partial charge in [0.05, 0.1) is 16.6 Å². The summed E-state index contributed by atoms with van der Waals surface area (Å²) in [6.07, 6.45) is 9.64. The molecule has 1 aromatic heterocycles. The normalized spacial score (nSPS) is 21.6. The first kappa shape index (κ1) is 19.3. The lowest BCUT2D eigenvalue weighted by molar-refractivity contribution is -0.127. The number of amides is 2. The van der Waals surface area contributed by atoms with E-state index in [-0.39, 0.29) is 17.7 Å². The van der Waals surface area contributed by atoms with Gasteiger partial charge in [-0.1, -0.05) is 26.2 Å². The van der Waals surface area contributed by atoms with Gasteiger partial charge in [0.1, 0.15) is 4.88 Å². The Balaban J connectivity index is 1.60. The van der Waals surface area contributed by atoms with Crippen molar-refractivity contribution in [3.05, 3.63) is 15.6 Å². The van der Waals surface area contributed by atoms with E-state index in [2.05, 4.69) is 17.2 Å². The van der Waals surface area contributed by atoms with Gasteiger partial charge in [-0.05, 0) is 45.4 Å². The van der Waals surface area contributed by atoms with Gasteiger partial charge in [0.25, 0.3) is 5.91 Å². The van der Waals surface area contributed by atoms with E-state index in [9.17, 15) is 9.59 Å². The molecule has 2 amide bonds. The first-order valence-corrected chi connectivity index (χ1v) is 11.0. The van der Waals surface area contributed by atoms with Crippen molar-refractivity contribution in [1.29, 1.82) is 0 Å². The highest BCUT2D eigenvalue weighted by atomic mass is 32.1. The average Bonchev–Trinajstić information content (AvgIpc) is 3.02. The molecule has 2 aliphatic rings. The average molecular weight is 378 g/mol. The molecule has 6 heteroatoms. The second-order valence-corrected chi connectivity index (χ2v) is 8.79. The van der Waals surface area contributed by atoms with Gasteiger partial charge in [-0.2, -0.15) is 0 Å². The SMILES string of the molecule is CCCc1nc(C)c(C(=O)N2CCC[C@H](C(=O)NC3CCCCC3)C2)s1. The summed E-state index contributed by atoms with van der Waals surface area (Å²) in [6.45, 7) is 5.32. The van der Waals surface area contributed by atoms with Crippen LogP contribution < -0.4 is 5.32 Å². The molecule has 0 unspecified atom stereocenters. The summed E-state index contributed by atoms with van der Waals surface area (Å²) in [5, 5.41) is 4.27. The number of carbonyl (C=O) groups excluding carboxylic acids is 2. The zero-order chi connectivity index (χ0) is 18.5. The van der Waals surface area contributed by atoms with Crippen molar-refractivity contribution < 1.29 is 9.59 Å². The van der Waals surface area contributed by atoms with Gasteiger partial charge in [-0.15, -0.1) is 11.3 Å². The van der Waals surface area contributed by atoms with Crippen molar-refractivity contribution in [3.8, 4) is 0 Å². The minimum Gasteiger partial charge on any atom is -0.353 e. The number of rotatable bonds is 5. The van der Waals surface area contributed by atoms with Gasteiger partial charge in [-0.3, -0.25) is 9.59 Å². The highest BCUT2D eigenvalue weighted by Gasteiger charge is 2.31. The Bertz CT molecular complexity index is 637. The molecule has 0 aromatic carbocycles. The molecule has 3 rings (SSSR count). The van der Waals surface area contributed by atoms with Crippen LogP contribution in [0.15, 0.2) is 0 Å². The van der Waals surface area contributed by atoms with E-state index >= 15 is 0 Å². The first-order chi connectivity index (χ1) is 12.6. The maximum Gasteiger partial charge on any atom is 0.265 e. The zero-order valence-corrected chi connectivity index (χ0v) is 16.9. The lowest BCUT2D eigenvalue weighted by atomic mass is 9.93. The number of likely N-dealkylation sites (tertiary alicyclic amines) is 1. The molecule has 26 heavy (non-hydrogen) atoms. The summed E-state index contributed by atoms with van der Waals surface area (Å²) in [4.78, 5) is 32.8. The fourth-order valence-electron chi connectivity index (χ4n) is 4.06. The van der Waals surface area contributed by atoms with Crippen LogP contribution in [0.2, 0.25) is 0 Å². The second kappa shape index (κ2) is 8.98. The van der Waals surface area contributed by atoms with Crippen molar-refractivity contribution in [2.75, 3.05) is 13.1 Å². The molecule has 1 aromatic rings. The maximum atomic E-state index is 13.0. The lowest BCUT2D eigenvalue weighted by Gasteiger charge is -2.33. The number of hydrogen-bond acceptors (Lipinski definition) is 4. The van der Waals surface area contributed by atoms with Crippen LogP contribution in [-0.2, 0) is 11.2 Å². The standard InChI is InChI=1S/C20H31N3O2S/c1-3-8-17-21-14(2)18(26-17)20(25)23-12-7-9-15(13-23)19(24)22-16-10-5-4-6-11-16/h15-16H,3-13H2,1-2H3,(H,22,24)/t15-/m0/s1. The highest BCUT2D eigenvalue weighted by Crippen LogP contribution is 2.25. The summed E-state index contributed by atoms with van der Waals surface area (Å²) in [5.74, 6) is 0.123. The van der Waals surface area contributed by atoms with Crippen molar-refractivity contribution in [1.82, 2.24) is 15.2 Å². The Labute approximate surface area is 160 Å². The largest absolute Gasteiger partial charge is 0.353 e. The predicted molar refractivity (Wildman–Crippen MR) is 104 cm³/mol. The fourth-order valence-corrected chi connectivity index (χ4v) is 5.19. The molecule has 5 nitrogen and oxygen atoms in total. The molecule has 1 saturated carbocycles. The molecular formula is C20H31N3O2S.